The summed E-state index contributed by atoms with van der Waals surface area (Å²) in [5.74, 6) is -0.161. The van der Waals surface area contributed by atoms with E-state index in [0.29, 0.717) is 11.8 Å². The normalized spacial score (nSPS) is 17.4. The lowest BCUT2D eigenvalue weighted by molar-refractivity contribution is -0.109. The molecule has 0 radical (unpaired) electrons. The molecular weight excluding hydrogens is 182 g/mol. The van der Waals surface area contributed by atoms with E-state index in [0.717, 1.165) is 19.1 Å². The van der Waals surface area contributed by atoms with Gasteiger partial charge in [-0.2, -0.15) is 0 Å². The summed E-state index contributed by atoms with van der Waals surface area (Å²) in [4.78, 5) is 24.9. The molecule has 1 aliphatic rings. The van der Waals surface area contributed by atoms with Gasteiger partial charge in [-0.25, -0.2) is 4.98 Å². The van der Waals surface area contributed by atoms with Crippen LogP contribution in [0.25, 0.3) is 0 Å². The molecular formula is C10H9NO3. The van der Waals surface area contributed by atoms with Gasteiger partial charge in [-0.05, 0) is 24.5 Å². The molecule has 0 aromatic carbocycles. The molecule has 1 aliphatic carbocycles. The minimum Gasteiger partial charge on any atom is -0.506 e. The number of pyridine rings is 1. The van der Waals surface area contributed by atoms with E-state index in [1.165, 1.54) is 12.3 Å². The van der Waals surface area contributed by atoms with Crippen LogP contribution in [0.4, 0.5) is 0 Å². The standard InChI is InChI=1S/C10H9NO3/c12-5-8-9(14)3-7(4-11-8)10(6-13)1-2-10/h3-6,14H,1-2H2. The van der Waals surface area contributed by atoms with Crippen LogP contribution < -0.4 is 0 Å². The van der Waals surface area contributed by atoms with Gasteiger partial charge in [-0.15, -0.1) is 0 Å². The highest BCUT2D eigenvalue weighted by Crippen LogP contribution is 2.46. The van der Waals surface area contributed by atoms with Crippen molar-refractivity contribution in [2.24, 2.45) is 0 Å². The lowest BCUT2D eigenvalue weighted by atomic mass is 9.99. The van der Waals surface area contributed by atoms with Gasteiger partial charge in [-0.1, -0.05) is 0 Å². The highest BCUT2D eigenvalue weighted by atomic mass is 16.3. The van der Waals surface area contributed by atoms with Gasteiger partial charge in [-0.3, -0.25) is 4.79 Å². The summed E-state index contributed by atoms with van der Waals surface area (Å²) >= 11 is 0. The van der Waals surface area contributed by atoms with E-state index in [-0.39, 0.29) is 11.4 Å². The van der Waals surface area contributed by atoms with Crippen molar-refractivity contribution in [3.05, 3.63) is 23.5 Å². The topological polar surface area (TPSA) is 67.3 Å². The highest BCUT2D eigenvalue weighted by Gasteiger charge is 2.44. The van der Waals surface area contributed by atoms with E-state index < -0.39 is 5.41 Å². The van der Waals surface area contributed by atoms with E-state index in [9.17, 15) is 14.7 Å². The molecule has 1 fully saturated rings. The van der Waals surface area contributed by atoms with Crippen molar-refractivity contribution in [3.8, 4) is 5.75 Å². The van der Waals surface area contributed by atoms with E-state index in [1.54, 1.807) is 0 Å². The first kappa shape index (κ1) is 8.87. The summed E-state index contributed by atoms with van der Waals surface area (Å²) in [6.45, 7) is 0. The number of hydrogen-bond acceptors (Lipinski definition) is 4. The molecule has 4 heteroatoms. The maximum absolute atomic E-state index is 10.8. The average molecular weight is 191 g/mol. The molecule has 1 heterocycles. The molecule has 1 aromatic rings. The fraction of sp³-hybridized carbons (Fsp3) is 0.300. The predicted molar refractivity (Wildman–Crippen MR) is 48.3 cm³/mol. The van der Waals surface area contributed by atoms with Crippen molar-refractivity contribution in [1.82, 2.24) is 4.98 Å². The van der Waals surface area contributed by atoms with Crippen LogP contribution in [0.15, 0.2) is 12.3 Å². The molecule has 0 atom stereocenters. The van der Waals surface area contributed by atoms with Crippen LogP contribution in [-0.2, 0) is 10.2 Å². The number of aldehydes is 2. The first-order valence-electron chi connectivity index (χ1n) is 4.33. The van der Waals surface area contributed by atoms with Crippen LogP contribution in [0.2, 0.25) is 0 Å². The molecule has 0 amide bonds. The lowest BCUT2D eigenvalue weighted by Gasteiger charge is -2.07. The second-order valence-corrected chi connectivity index (χ2v) is 3.52. The van der Waals surface area contributed by atoms with Crippen molar-refractivity contribution >= 4 is 12.6 Å². The summed E-state index contributed by atoms with van der Waals surface area (Å²) in [6.07, 6.45) is 4.42. The lowest BCUT2D eigenvalue weighted by Crippen LogP contribution is -2.08. The molecule has 72 valence electrons. The minimum atomic E-state index is -0.452. The minimum absolute atomic E-state index is 0.00967. The monoisotopic (exact) mass is 191 g/mol. The largest absolute Gasteiger partial charge is 0.506 e. The Kier molecular flexibility index (Phi) is 1.84. The molecule has 1 N–H and O–H groups in total. The molecule has 0 aliphatic heterocycles. The zero-order valence-electron chi connectivity index (χ0n) is 7.43. The van der Waals surface area contributed by atoms with Gasteiger partial charge in [0.2, 0.25) is 0 Å². The van der Waals surface area contributed by atoms with Gasteiger partial charge >= 0.3 is 0 Å². The first-order chi connectivity index (χ1) is 6.72. The number of hydrogen-bond donors (Lipinski definition) is 1. The van der Waals surface area contributed by atoms with E-state index in [1.807, 2.05) is 0 Å². The molecule has 1 aromatic heterocycles. The third-order valence-corrected chi connectivity index (χ3v) is 2.60. The van der Waals surface area contributed by atoms with Gasteiger partial charge in [0.15, 0.2) is 6.29 Å². The summed E-state index contributed by atoms with van der Waals surface area (Å²) in [5.41, 5.74) is 0.248. The van der Waals surface area contributed by atoms with Crippen LogP contribution in [0.5, 0.6) is 5.75 Å². The van der Waals surface area contributed by atoms with Gasteiger partial charge in [0.25, 0.3) is 0 Å². The van der Waals surface area contributed by atoms with Crippen molar-refractivity contribution in [2.45, 2.75) is 18.3 Å². The Labute approximate surface area is 80.6 Å². The molecule has 0 unspecified atom stereocenters. The SMILES string of the molecule is O=Cc1ncc(C2(C=O)CC2)cc1O. The van der Waals surface area contributed by atoms with E-state index >= 15 is 0 Å². The summed E-state index contributed by atoms with van der Waals surface area (Å²) in [6, 6.07) is 1.44. The van der Waals surface area contributed by atoms with Crippen molar-refractivity contribution in [1.29, 1.82) is 0 Å². The molecule has 1 saturated carbocycles. The summed E-state index contributed by atoms with van der Waals surface area (Å²) in [5, 5.41) is 9.37. The molecule has 0 saturated heterocycles. The molecule has 14 heavy (non-hydrogen) atoms. The fourth-order valence-corrected chi connectivity index (χ4v) is 1.44. The van der Waals surface area contributed by atoms with Crippen LogP contribution >= 0.6 is 0 Å². The van der Waals surface area contributed by atoms with Crippen molar-refractivity contribution in [3.63, 3.8) is 0 Å². The summed E-state index contributed by atoms with van der Waals surface area (Å²) < 4.78 is 0. The van der Waals surface area contributed by atoms with E-state index in [4.69, 9.17) is 0 Å². The zero-order chi connectivity index (χ0) is 10.2. The van der Waals surface area contributed by atoms with Crippen molar-refractivity contribution < 1.29 is 14.7 Å². The molecule has 0 spiro atoms. The Morgan fingerprint density at radius 1 is 1.43 bits per heavy atom. The third-order valence-electron chi connectivity index (χ3n) is 2.60. The number of aromatic nitrogens is 1. The Morgan fingerprint density at radius 3 is 2.57 bits per heavy atom. The maximum atomic E-state index is 10.8. The Hall–Kier alpha value is -1.71. The second-order valence-electron chi connectivity index (χ2n) is 3.52. The van der Waals surface area contributed by atoms with Gasteiger partial charge in [0.05, 0.1) is 5.41 Å². The molecule has 4 nitrogen and oxygen atoms in total. The predicted octanol–water partition coefficient (Wildman–Crippen LogP) is 0.830. The van der Waals surface area contributed by atoms with Gasteiger partial charge < -0.3 is 9.90 Å². The number of nitrogens with zero attached hydrogens (tertiary/aromatic N) is 1. The number of aromatic hydroxyl groups is 1. The second kappa shape index (κ2) is 2.90. The zero-order valence-corrected chi connectivity index (χ0v) is 7.43. The van der Waals surface area contributed by atoms with Crippen LogP contribution in [0, 0.1) is 0 Å². The Balaban J connectivity index is 2.42. The van der Waals surface area contributed by atoms with Gasteiger partial charge in [0, 0.05) is 6.20 Å². The quantitative estimate of drug-likeness (QED) is 0.718. The third kappa shape index (κ3) is 1.19. The van der Waals surface area contributed by atoms with Crippen LogP contribution in [0.3, 0.4) is 0 Å². The Morgan fingerprint density at radius 2 is 2.14 bits per heavy atom. The smallest absolute Gasteiger partial charge is 0.172 e. The van der Waals surface area contributed by atoms with Crippen LogP contribution in [0.1, 0.15) is 28.9 Å². The average Bonchev–Trinajstić information content (AvgIpc) is 2.98. The first-order valence-corrected chi connectivity index (χ1v) is 4.33. The van der Waals surface area contributed by atoms with Crippen molar-refractivity contribution in [2.75, 3.05) is 0 Å². The van der Waals surface area contributed by atoms with E-state index in [2.05, 4.69) is 4.98 Å². The van der Waals surface area contributed by atoms with Gasteiger partial charge in [0.1, 0.15) is 17.7 Å². The number of carbonyl (C=O) groups is 2. The summed E-state index contributed by atoms with van der Waals surface area (Å²) in [7, 11) is 0. The maximum Gasteiger partial charge on any atom is 0.172 e. The molecule has 2 rings (SSSR count). The number of carbonyl (C=O) groups excluding carboxylic acids is 2. The highest BCUT2D eigenvalue weighted by molar-refractivity contribution is 5.78. The van der Waals surface area contributed by atoms with Crippen LogP contribution in [-0.4, -0.2) is 22.7 Å². The molecule has 0 bridgehead atoms. The Bertz CT molecular complexity index is 396. The number of rotatable bonds is 3. The fourth-order valence-electron chi connectivity index (χ4n) is 1.44.